The van der Waals surface area contributed by atoms with Crippen LogP contribution in [0.2, 0.25) is 0 Å². The van der Waals surface area contributed by atoms with Gasteiger partial charge in [-0.25, -0.2) is 4.39 Å². The molecule has 0 spiro atoms. The van der Waals surface area contributed by atoms with Crippen molar-refractivity contribution in [3.05, 3.63) is 88.0 Å². The highest BCUT2D eigenvalue weighted by molar-refractivity contribution is 7.10. The molecule has 0 saturated carbocycles. The number of fused-ring (bicyclic) bond motifs is 1. The smallest absolute Gasteiger partial charge is 0.244 e. The van der Waals surface area contributed by atoms with Crippen LogP contribution in [0, 0.1) is 5.82 Å². The van der Waals surface area contributed by atoms with Crippen LogP contribution in [0.15, 0.2) is 77.3 Å². The maximum Gasteiger partial charge on any atom is 0.244 e. The Balaban J connectivity index is 1.59. The Kier molecular flexibility index (Phi) is 5.49. The number of carbonyl (C=O) groups is 2. The maximum atomic E-state index is 14.1. The number of amides is 1. The summed E-state index contributed by atoms with van der Waals surface area (Å²) in [7, 11) is 0. The van der Waals surface area contributed by atoms with Gasteiger partial charge in [0, 0.05) is 22.6 Å². The molecule has 3 aromatic rings. The van der Waals surface area contributed by atoms with Gasteiger partial charge in [0.1, 0.15) is 5.82 Å². The first kappa shape index (κ1) is 20.5. The zero-order valence-corrected chi connectivity index (χ0v) is 18.1. The van der Waals surface area contributed by atoms with Crippen molar-refractivity contribution < 1.29 is 14.0 Å². The van der Waals surface area contributed by atoms with Crippen molar-refractivity contribution in [2.24, 2.45) is 0 Å². The minimum Gasteiger partial charge on any atom is -0.357 e. The first-order chi connectivity index (χ1) is 15.6. The Bertz CT molecular complexity index is 1210. The molecule has 2 heterocycles. The molecule has 0 bridgehead atoms. The van der Waals surface area contributed by atoms with Crippen LogP contribution in [0.1, 0.15) is 30.2 Å². The Hall–Kier alpha value is -3.45. The van der Waals surface area contributed by atoms with E-state index < -0.39 is 5.82 Å². The highest BCUT2D eigenvalue weighted by atomic mass is 32.1. The van der Waals surface area contributed by atoms with Gasteiger partial charge in [-0.2, -0.15) is 0 Å². The van der Waals surface area contributed by atoms with Crippen LogP contribution < -0.4 is 15.5 Å². The fraction of sp³-hybridized carbons (Fsp3) is 0.200. The average molecular weight is 448 g/mol. The second-order valence-corrected chi connectivity index (χ2v) is 8.86. The van der Waals surface area contributed by atoms with Crippen molar-refractivity contribution >= 4 is 40.1 Å². The van der Waals surface area contributed by atoms with E-state index in [-0.39, 0.29) is 30.0 Å². The van der Waals surface area contributed by atoms with Crippen LogP contribution in [-0.2, 0) is 9.59 Å². The SMILES string of the molecule is O=C(CN1c2ccccc2NC2=C(C(=O)CCC2)C1c1cccs1)Nc1ccccc1F. The molecule has 0 fully saturated rings. The Morgan fingerprint density at radius 3 is 2.72 bits per heavy atom. The van der Waals surface area contributed by atoms with Gasteiger partial charge in [0.25, 0.3) is 0 Å². The summed E-state index contributed by atoms with van der Waals surface area (Å²) in [6.45, 7) is -0.0281. The average Bonchev–Trinajstić information content (AvgIpc) is 3.27. The van der Waals surface area contributed by atoms with Crippen molar-refractivity contribution in [1.29, 1.82) is 0 Å². The van der Waals surface area contributed by atoms with Crippen molar-refractivity contribution in [2.45, 2.75) is 25.3 Å². The van der Waals surface area contributed by atoms with E-state index in [2.05, 4.69) is 10.6 Å². The number of carbonyl (C=O) groups excluding carboxylic acids is 2. The van der Waals surface area contributed by atoms with E-state index in [0.29, 0.717) is 12.0 Å². The number of benzene rings is 2. The molecule has 1 amide bonds. The van der Waals surface area contributed by atoms with Crippen LogP contribution in [0.4, 0.5) is 21.5 Å². The molecule has 1 unspecified atom stereocenters. The van der Waals surface area contributed by atoms with Gasteiger partial charge in [-0.1, -0.05) is 30.3 Å². The van der Waals surface area contributed by atoms with Gasteiger partial charge >= 0.3 is 0 Å². The van der Waals surface area contributed by atoms with E-state index in [4.69, 9.17) is 0 Å². The maximum absolute atomic E-state index is 14.1. The molecule has 2 aromatic carbocycles. The van der Waals surface area contributed by atoms with Crippen LogP contribution in [0.25, 0.3) is 0 Å². The topological polar surface area (TPSA) is 61.4 Å². The second-order valence-electron chi connectivity index (χ2n) is 7.88. The normalized spacial score (nSPS) is 17.8. The van der Waals surface area contributed by atoms with Crippen molar-refractivity contribution in [3.8, 4) is 0 Å². The lowest BCUT2D eigenvalue weighted by Gasteiger charge is -2.34. The summed E-state index contributed by atoms with van der Waals surface area (Å²) in [5.41, 5.74) is 3.46. The fourth-order valence-electron chi connectivity index (χ4n) is 4.42. The molecule has 5 nitrogen and oxygen atoms in total. The van der Waals surface area contributed by atoms with Gasteiger partial charge in [0.05, 0.1) is 29.6 Å². The number of hydrogen-bond acceptors (Lipinski definition) is 5. The van der Waals surface area contributed by atoms with Crippen LogP contribution >= 0.6 is 11.3 Å². The lowest BCUT2D eigenvalue weighted by Crippen LogP contribution is -2.38. The Morgan fingerprint density at radius 2 is 1.91 bits per heavy atom. The lowest BCUT2D eigenvalue weighted by atomic mass is 9.88. The molecular formula is C25H22FN3O2S. The van der Waals surface area contributed by atoms with E-state index in [1.54, 1.807) is 23.5 Å². The highest BCUT2D eigenvalue weighted by Gasteiger charge is 2.37. The van der Waals surface area contributed by atoms with Gasteiger partial charge in [-0.05, 0) is 48.6 Å². The van der Waals surface area contributed by atoms with Gasteiger partial charge in [-0.15, -0.1) is 11.3 Å². The quantitative estimate of drug-likeness (QED) is 0.554. The minimum atomic E-state index is -0.485. The molecule has 2 aliphatic rings. The predicted molar refractivity (Wildman–Crippen MR) is 125 cm³/mol. The predicted octanol–water partition coefficient (Wildman–Crippen LogP) is 5.51. The first-order valence-electron chi connectivity index (χ1n) is 10.6. The third kappa shape index (κ3) is 3.80. The van der Waals surface area contributed by atoms with E-state index in [1.807, 2.05) is 46.7 Å². The monoisotopic (exact) mass is 447 g/mol. The second kappa shape index (κ2) is 8.59. The van der Waals surface area contributed by atoms with Crippen molar-refractivity contribution in [1.82, 2.24) is 0 Å². The molecule has 1 atom stereocenters. The summed E-state index contributed by atoms with van der Waals surface area (Å²) in [4.78, 5) is 29.2. The molecule has 0 radical (unpaired) electrons. The molecule has 162 valence electrons. The summed E-state index contributed by atoms with van der Waals surface area (Å²) in [5.74, 6) is -0.732. The molecule has 7 heteroatoms. The Labute approximate surface area is 189 Å². The van der Waals surface area contributed by atoms with Crippen molar-refractivity contribution in [3.63, 3.8) is 0 Å². The van der Waals surface area contributed by atoms with Gasteiger partial charge in [0.15, 0.2) is 5.78 Å². The van der Waals surface area contributed by atoms with Crippen LogP contribution in [0.3, 0.4) is 0 Å². The molecule has 1 aliphatic heterocycles. The molecule has 1 aromatic heterocycles. The zero-order valence-electron chi connectivity index (χ0n) is 17.3. The molecule has 32 heavy (non-hydrogen) atoms. The molecule has 5 rings (SSSR count). The summed E-state index contributed by atoms with van der Waals surface area (Å²) >= 11 is 1.56. The summed E-state index contributed by atoms with van der Waals surface area (Å²) in [5, 5.41) is 8.14. The molecule has 1 aliphatic carbocycles. The van der Waals surface area contributed by atoms with Crippen LogP contribution in [-0.4, -0.2) is 18.2 Å². The van der Waals surface area contributed by atoms with Gasteiger partial charge in [0.2, 0.25) is 5.91 Å². The third-order valence-electron chi connectivity index (χ3n) is 5.81. The third-order valence-corrected chi connectivity index (χ3v) is 6.74. The number of rotatable bonds is 4. The zero-order chi connectivity index (χ0) is 22.1. The molecule has 2 N–H and O–H groups in total. The lowest BCUT2D eigenvalue weighted by molar-refractivity contribution is -0.117. The number of anilines is 3. The number of nitrogens with zero attached hydrogens (tertiary/aromatic N) is 1. The first-order valence-corrected chi connectivity index (χ1v) is 11.5. The van der Waals surface area contributed by atoms with Crippen LogP contribution in [0.5, 0.6) is 0 Å². The van der Waals surface area contributed by atoms with E-state index in [0.717, 1.165) is 34.8 Å². The van der Waals surface area contributed by atoms with E-state index >= 15 is 0 Å². The molecular weight excluding hydrogens is 425 g/mol. The number of para-hydroxylation sites is 3. The standard InChI is InChI=1S/C25H22FN3O2S/c26-16-7-1-2-8-17(16)28-23(31)15-29-20-11-4-3-9-18(20)27-19-10-5-12-21(30)24(19)25(29)22-13-6-14-32-22/h1-4,6-9,11,13-14,25,27H,5,10,12,15H2,(H,28,31). The number of halogens is 1. The number of allylic oxidation sites excluding steroid dienone is 1. The number of thiophene rings is 1. The Morgan fingerprint density at radius 1 is 1.09 bits per heavy atom. The minimum absolute atomic E-state index is 0.0281. The van der Waals surface area contributed by atoms with Gasteiger partial charge < -0.3 is 15.5 Å². The fourth-order valence-corrected chi connectivity index (χ4v) is 5.27. The highest BCUT2D eigenvalue weighted by Crippen LogP contribution is 2.45. The molecule has 0 saturated heterocycles. The summed E-state index contributed by atoms with van der Waals surface area (Å²) in [6, 6.07) is 17.4. The number of hydrogen-bond donors (Lipinski definition) is 2. The largest absolute Gasteiger partial charge is 0.357 e. The van der Waals surface area contributed by atoms with Gasteiger partial charge in [-0.3, -0.25) is 9.59 Å². The number of nitrogens with one attached hydrogen (secondary N) is 2. The van der Waals surface area contributed by atoms with E-state index in [1.165, 1.54) is 12.1 Å². The van der Waals surface area contributed by atoms with E-state index in [9.17, 15) is 14.0 Å². The number of ketones is 1. The van der Waals surface area contributed by atoms with Crippen molar-refractivity contribution in [2.75, 3.05) is 22.1 Å². The summed E-state index contributed by atoms with van der Waals surface area (Å²) in [6.07, 6.45) is 2.08. The summed E-state index contributed by atoms with van der Waals surface area (Å²) < 4.78 is 14.1. The number of Topliss-reactive ketones (excluding diaryl/α,β-unsaturated/α-hetero) is 1.